The minimum atomic E-state index is -0.00929. The van der Waals surface area contributed by atoms with Crippen molar-refractivity contribution in [1.82, 2.24) is 14.5 Å². The standard InChI is InChI=1S/C23H24N4OS2/c1-16-12-17(2)21-20(13-16)30-23(25-21)27(10-5-9-26-11-8-24-15-26)22(28)18-6-4-7-19(14-18)29-3/h4,6-8,11-15H,5,9-10H2,1-3H3. The van der Waals surface area contributed by atoms with Crippen molar-refractivity contribution >= 4 is 44.4 Å². The zero-order chi connectivity index (χ0) is 21.1. The number of anilines is 1. The van der Waals surface area contributed by atoms with Crippen molar-refractivity contribution in [3.63, 3.8) is 0 Å². The van der Waals surface area contributed by atoms with E-state index in [1.807, 2.05) is 46.2 Å². The molecule has 0 fully saturated rings. The summed E-state index contributed by atoms with van der Waals surface area (Å²) in [5.74, 6) is -0.00929. The molecule has 0 aliphatic heterocycles. The lowest BCUT2D eigenvalue weighted by Gasteiger charge is -2.20. The first-order valence-corrected chi connectivity index (χ1v) is 11.9. The number of aromatic nitrogens is 3. The van der Waals surface area contributed by atoms with Crippen molar-refractivity contribution in [2.24, 2.45) is 0 Å². The van der Waals surface area contributed by atoms with Gasteiger partial charge in [0.25, 0.3) is 5.91 Å². The average Bonchev–Trinajstić information content (AvgIpc) is 3.40. The van der Waals surface area contributed by atoms with Gasteiger partial charge in [-0.05, 0) is 61.9 Å². The minimum absolute atomic E-state index is 0.00929. The lowest BCUT2D eigenvalue weighted by atomic mass is 10.1. The molecule has 2 aromatic carbocycles. The summed E-state index contributed by atoms with van der Waals surface area (Å²) < 4.78 is 3.15. The minimum Gasteiger partial charge on any atom is -0.337 e. The third-order valence-electron chi connectivity index (χ3n) is 4.97. The molecule has 0 unspecified atom stereocenters. The van der Waals surface area contributed by atoms with E-state index in [4.69, 9.17) is 4.98 Å². The highest BCUT2D eigenvalue weighted by atomic mass is 32.2. The third kappa shape index (κ3) is 4.42. The van der Waals surface area contributed by atoms with Crippen molar-refractivity contribution in [2.75, 3.05) is 17.7 Å². The molecule has 0 aliphatic carbocycles. The van der Waals surface area contributed by atoms with Crippen LogP contribution in [0.25, 0.3) is 10.2 Å². The van der Waals surface area contributed by atoms with Crippen LogP contribution in [0.2, 0.25) is 0 Å². The van der Waals surface area contributed by atoms with E-state index >= 15 is 0 Å². The average molecular weight is 437 g/mol. The molecule has 0 aliphatic rings. The summed E-state index contributed by atoms with van der Waals surface area (Å²) >= 11 is 3.22. The molecule has 0 N–H and O–H groups in total. The molecule has 0 spiro atoms. The van der Waals surface area contributed by atoms with Gasteiger partial charge in [0.1, 0.15) is 0 Å². The van der Waals surface area contributed by atoms with Crippen molar-refractivity contribution in [3.8, 4) is 0 Å². The maximum absolute atomic E-state index is 13.5. The Kier molecular flexibility index (Phi) is 6.20. The molecule has 0 saturated carbocycles. The molecule has 154 valence electrons. The van der Waals surface area contributed by atoms with Crippen LogP contribution in [-0.4, -0.2) is 33.2 Å². The van der Waals surface area contributed by atoms with Crippen LogP contribution in [0.15, 0.2) is 60.0 Å². The molecule has 30 heavy (non-hydrogen) atoms. The van der Waals surface area contributed by atoms with Gasteiger partial charge in [0.15, 0.2) is 5.13 Å². The van der Waals surface area contributed by atoms with Crippen molar-refractivity contribution < 1.29 is 4.79 Å². The van der Waals surface area contributed by atoms with Gasteiger partial charge in [-0.2, -0.15) is 0 Å². The molecular weight excluding hydrogens is 412 g/mol. The molecule has 0 bridgehead atoms. The molecule has 7 heteroatoms. The van der Waals surface area contributed by atoms with E-state index in [-0.39, 0.29) is 5.91 Å². The fourth-order valence-corrected chi connectivity index (χ4v) is 5.13. The number of thioether (sulfide) groups is 1. The van der Waals surface area contributed by atoms with E-state index in [1.165, 1.54) is 5.56 Å². The Hall–Kier alpha value is -2.64. The zero-order valence-electron chi connectivity index (χ0n) is 17.3. The molecule has 0 saturated heterocycles. The van der Waals surface area contributed by atoms with Gasteiger partial charge in [-0.3, -0.25) is 9.69 Å². The second-order valence-electron chi connectivity index (χ2n) is 7.27. The monoisotopic (exact) mass is 436 g/mol. The van der Waals surface area contributed by atoms with Crippen LogP contribution in [0.1, 0.15) is 27.9 Å². The smallest absolute Gasteiger partial charge is 0.260 e. The van der Waals surface area contributed by atoms with E-state index < -0.39 is 0 Å². The van der Waals surface area contributed by atoms with Crippen LogP contribution >= 0.6 is 23.1 Å². The van der Waals surface area contributed by atoms with Crippen LogP contribution in [-0.2, 0) is 6.54 Å². The van der Waals surface area contributed by atoms with E-state index in [0.717, 1.165) is 38.8 Å². The normalized spacial score (nSPS) is 11.2. The first kappa shape index (κ1) is 20.6. The summed E-state index contributed by atoms with van der Waals surface area (Å²) in [5.41, 5.74) is 4.02. The van der Waals surface area contributed by atoms with Gasteiger partial charge in [-0.1, -0.05) is 23.5 Å². The number of fused-ring (bicyclic) bond motifs is 1. The van der Waals surface area contributed by atoms with Gasteiger partial charge < -0.3 is 4.57 Å². The summed E-state index contributed by atoms with van der Waals surface area (Å²) in [6, 6.07) is 12.1. The number of carbonyl (C=O) groups excluding carboxylic acids is 1. The predicted octanol–water partition coefficient (Wildman–Crippen LogP) is 5.57. The highest BCUT2D eigenvalue weighted by Gasteiger charge is 2.22. The number of amides is 1. The Balaban J connectivity index is 1.67. The summed E-state index contributed by atoms with van der Waals surface area (Å²) in [4.78, 5) is 25.4. The molecule has 1 amide bonds. The van der Waals surface area contributed by atoms with E-state index in [1.54, 1.807) is 35.6 Å². The summed E-state index contributed by atoms with van der Waals surface area (Å²) in [6.07, 6.45) is 8.36. The molecule has 0 atom stereocenters. The summed E-state index contributed by atoms with van der Waals surface area (Å²) in [5, 5.41) is 0.754. The first-order chi connectivity index (χ1) is 14.5. The van der Waals surface area contributed by atoms with Crippen molar-refractivity contribution in [3.05, 3.63) is 71.8 Å². The second-order valence-corrected chi connectivity index (χ2v) is 9.16. The summed E-state index contributed by atoms with van der Waals surface area (Å²) in [7, 11) is 0. The Morgan fingerprint density at radius 2 is 2.10 bits per heavy atom. The lowest BCUT2D eigenvalue weighted by molar-refractivity contribution is 0.0986. The lowest BCUT2D eigenvalue weighted by Crippen LogP contribution is -2.32. The second kappa shape index (κ2) is 9.02. The van der Waals surface area contributed by atoms with Gasteiger partial charge in [-0.15, -0.1) is 11.8 Å². The largest absolute Gasteiger partial charge is 0.337 e. The highest BCUT2D eigenvalue weighted by molar-refractivity contribution is 7.98. The van der Waals surface area contributed by atoms with E-state index in [0.29, 0.717) is 12.1 Å². The van der Waals surface area contributed by atoms with Gasteiger partial charge in [0.05, 0.1) is 16.5 Å². The molecule has 0 radical (unpaired) electrons. The molecule has 5 nitrogen and oxygen atoms in total. The topological polar surface area (TPSA) is 51.0 Å². The number of thiazole rings is 1. The molecule has 2 heterocycles. The quantitative estimate of drug-likeness (QED) is 0.356. The molecule has 4 aromatic rings. The molecule has 4 rings (SSSR count). The van der Waals surface area contributed by atoms with Crippen LogP contribution < -0.4 is 4.90 Å². The van der Waals surface area contributed by atoms with Crippen LogP contribution in [0, 0.1) is 13.8 Å². The van der Waals surface area contributed by atoms with Gasteiger partial charge in [0, 0.05) is 35.9 Å². The number of hydrogen-bond acceptors (Lipinski definition) is 5. The van der Waals surface area contributed by atoms with Gasteiger partial charge in [0.2, 0.25) is 0 Å². The van der Waals surface area contributed by atoms with E-state index in [9.17, 15) is 4.79 Å². The van der Waals surface area contributed by atoms with Gasteiger partial charge in [-0.25, -0.2) is 9.97 Å². The first-order valence-electron chi connectivity index (χ1n) is 9.84. The Bertz CT molecular complexity index is 1170. The maximum atomic E-state index is 13.5. The fourth-order valence-electron chi connectivity index (χ4n) is 3.50. The summed E-state index contributed by atoms with van der Waals surface area (Å²) in [6.45, 7) is 5.57. The van der Waals surface area contributed by atoms with Crippen LogP contribution in [0.3, 0.4) is 0 Å². The maximum Gasteiger partial charge on any atom is 0.260 e. The van der Waals surface area contributed by atoms with Crippen molar-refractivity contribution in [2.45, 2.75) is 31.7 Å². The van der Waals surface area contributed by atoms with E-state index in [2.05, 4.69) is 31.0 Å². The van der Waals surface area contributed by atoms with Crippen LogP contribution in [0.4, 0.5) is 5.13 Å². The Morgan fingerprint density at radius 3 is 2.87 bits per heavy atom. The number of nitrogens with zero attached hydrogens (tertiary/aromatic N) is 4. The Morgan fingerprint density at radius 1 is 1.23 bits per heavy atom. The fraction of sp³-hybridized carbons (Fsp3) is 0.261. The molecular formula is C23H24N4OS2. The number of aryl methyl sites for hydroxylation is 3. The highest BCUT2D eigenvalue weighted by Crippen LogP contribution is 2.32. The zero-order valence-corrected chi connectivity index (χ0v) is 19.0. The SMILES string of the molecule is CSc1cccc(C(=O)N(CCCn2ccnc2)c2nc3c(C)cc(C)cc3s2)c1. The number of rotatable bonds is 7. The Labute approximate surface area is 184 Å². The number of carbonyl (C=O) groups is 1. The van der Waals surface area contributed by atoms with Gasteiger partial charge >= 0.3 is 0 Å². The number of imidazole rings is 1. The molecule has 2 aromatic heterocycles. The third-order valence-corrected chi connectivity index (χ3v) is 6.72. The number of benzene rings is 2. The van der Waals surface area contributed by atoms with Crippen molar-refractivity contribution in [1.29, 1.82) is 0 Å². The number of hydrogen-bond donors (Lipinski definition) is 0. The predicted molar refractivity (Wildman–Crippen MR) is 126 cm³/mol. The van der Waals surface area contributed by atoms with Crippen LogP contribution in [0.5, 0.6) is 0 Å².